The highest BCUT2D eigenvalue weighted by Crippen LogP contribution is 2.11. The number of anilines is 1. The molecule has 0 bridgehead atoms. The highest BCUT2D eigenvalue weighted by atomic mass is 16.2. The molecule has 1 rings (SSSR count). The molecule has 4 heteroatoms. The Kier molecular flexibility index (Phi) is 6.23. The molecular weight excluding hydrogens is 252 g/mol. The van der Waals surface area contributed by atoms with Crippen LogP contribution in [0.5, 0.6) is 0 Å². The van der Waals surface area contributed by atoms with Crippen molar-refractivity contribution < 1.29 is 9.59 Å². The normalized spacial score (nSPS) is 9.65. The van der Waals surface area contributed by atoms with Gasteiger partial charge in [-0.25, -0.2) is 0 Å². The third-order valence-corrected chi connectivity index (χ3v) is 2.68. The predicted octanol–water partition coefficient (Wildman–Crippen LogP) is 2.39. The molecule has 0 aliphatic heterocycles. The Bertz CT molecular complexity index is 482. The standard InChI is InChI=1S/C16H20N2O2/c1-4-10-18(11-5-2)16(20)12-14-6-8-15(9-7-14)17-13(3)19/h4-9H,1-2,10-12H2,3H3,(H,17,19). The summed E-state index contributed by atoms with van der Waals surface area (Å²) in [6, 6.07) is 7.25. The van der Waals surface area contributed by atoms with E-state index in [1.807, 2.05) is 12.1 Å². The van der Waals surface area contributed by atoms with Gasteiger partial charge in [0.2, 0.25) is 11.8 Å². The fourth-order valence-electron chi connectivity index (χ4n) is 1.79. The molecule has 20 heavy (non-hydrogen) atoms. The Morgan fingerprint density at radius 1 is 1.15 bits per heavy atom. The molecule has 0 saturated heterocycles. The second-order valence-corrected chi connectivity index (χ2v) is 4.43. The van der Waals surface area contributed by atoms with Gasteiger partial charge in [-0.3, -0.25) is 9.59 Å². The van der Waals surface area contributed by atoms with Crippen LogP contribution in [0.2, 0.25) is 0 Å². The van der Waals surface area contributed by atoms with Gasteiger partial charge in [0.1, 0.15) is 0 Å². The molecule has 1 N–H and O–H groups in total. The van der Waals surface area contributed by atoms with E-state index < -0.39 is 0 Å². The number of benzene rings is 1. The molecule has 0 unspecified atom stereocenters. The molecule has 0 radical (unpaired) electrons. The van der Waals surface area contributed by atoms with Gasteiger partial charge in [-0.15, -0.1) is 13.2 Å². The van der Waals surface area contributed by atoms with Crippen molar-refractivity contribution in [2.24, 2.45) is 0 Å². The van der Waals surface area contributed by atoms with Crippen LogP contribution in [0.15, 0.2) is 49.6 Å². The minimum absolute atomic E-state index is 0.0251. The van der Waals surface area contributed by atoms with Crippen LogP contribution in [0.25, 0.3) is 0 Å². The third-order valence-electron chi connectivity index (χ3n) is 2.68. The maximum atomic E-state index is 12.1. The van der Waals surface area contributed by atoms with Gasteiger partial charge in [0.25, 0.3) is 0 Å². The van der Waals surface area contributed by atoms with Crippen molar-refractivity contribution in [2.45, 2.75) is 13.3 Å². The van der Waals surface area contributed by atoms with Crippen molar-refractivity contribution in [2.75, 3.05) is 18.4 Å². The molecule has 1 aromatic rings. The summed E-state index contributed by atoms with van der Waals surface area (Å²) in [4.78, 5) is 24.7. The van der Waals surface area contributed by atoms with Crippen LogP contribution in [-0.2, 0) is 16.0 Å². The van der Waals surface area contributed by atoms with E-state index in [9.17, 15) is 9.59 Å². The first-order valence-electron chi connectivity index (χ1n) is 6.43. The van der Waals surface area contributed by atoms with E-state index in [-0.39, 0.29) is 11.8 Å². The SMILES string of the molecule is C=CCN(CC=C)C(=O)Cc1ccc(NC(C)=O)cc1. The van der Waals surface area contributed by atoms with Crippen molar-refractivity contribution in [3.05, 3.63) is 55.1 Å². The first-order valence-corrected chi connectivity index (χ1v) is 6.43. The van der Waals surface area contributed by atoms with Gasteiger partial charge >= 0.3 is 0 Å². The third kappa shape index (κ3) is 5.10. The maximum absolute atomic E-state index is 12.1. The van der Waals surface area contributed by atoms with Crippen LogP contribution in [0.4, 0.5) is 5.69 Å². The lowest BCUT2D eigenvalue weighted by atomic mass is 10.1. The molecule has 2 amide bonds. The fourth-order valence-corrected chi connectivity index (χ4v) is 1.79. The maximum Gasteiger partial charge on any atom is 0.227 e. The minimum atomic E-state index is -0.114. The van der Waals surface area contributed by atoms with E-state index in [1.165, 1.54) is 6.92 Å². The lowest BCUT2D eigenvalue weighted by molar-refractivity contribution is -0.129. The summed E-state index contributed by atoms with van der Waals surface area (Å²) in [5.41, 5.74) is 1.63. The molecule has 0 aliphatic rings. The molecular formula is C16H20N2O2. The average Bonchev–Trinajstić information content (AvgIpc) is 2.40. The predicted molar refractivity (Wildman–Crippen MR) is 81.4 cm³/mol. The summed E-state index contributed by atoms with van der Waals surface area (Å²) in [5.74, 6) is -0.0888. The Labute approximate surface area is 119 Å². The zero-order valence-corrected chi connectivity index (χ0v) is 11.8. The Morgan fingerprint density at radius 2 is 1.70 bits per heavy atom. The van der Waals surface area contributed by atoms with Crippen molar-refractivity contribution in [1.29, 1.82) is 0 Å². The van der Waals surface area contributed by atoms with E-state index in [0.29, 0.717) is 19.5 Å². The van der Waals surface area contributed by atoms with Crippen molar-refractivity contribution in [1.82, 2.24) is 4.90 Å². The Morgan fingerprint density at radius 3 is 2.15 bits per heavy atom. The van der Waals surface area contributed by atoms with Gasteiger partial charge in [0.05, 0.1) is 6.42 Å². The number of carbonyl (C=O) groups is 2. The summed E-state index contributed by atoms with van der Waals surface area (Å²) in [6.07, 6.45) is 3.71. The lowest BCUT2D eigenvalue weighted by Crippen LogP contribution is -2.32. The van der Waals surface area contributed by atoms with E-state index in [2.05, 4.69) is 18.5 Å². The Balaban J connectivity index is 2.66. The van der Waals surface area contributed by atoms with Gasteiger partial charge in [-0.05, 0) is 17.7 Å². The van der Waals surface area contributed by atoms with Crippen molar-refractivity contribution in [3.63, 3.8) is 0 Å². The van der Waals surface area contributed by atoms with Gasteiger partial charge in [-0.1, -0.05) is 24.3 Å². The lowest BCUT2D eigenvalue weighted by Gasteiger charge is -2.19. The highest BCUT2D eigenvalue weighted by Gasteiger charge is 2.11. The molecule has 0 spiro atoms. The summed E-state index contributed by atoms with van der Waals surface area (Å²) in [5, 5.41) is 2.69. The van der Waals surface area contributed by atoms with Crippen LogP contribution in [0.1, 0.15) is 12.5 Å². The van der Waals surface area contributed by atoms with Gasteiger partial charge in [-0.2, -0.15) is 0 Å². The molecule has 0 saturated carbocycles. The number of nitrogens with zero attached hydrogens (tertiary/aromatic N) is 1. The number of carbonyl (C=O) groups excluding carboxylic acids is 2. The first-order chi connectivity index (χ1) is 9.56. The van der Waals surface area contributed by atoms with Gasteiger partial charge in [0.15, 0.2) is 0 Å². The molecule has 0 atom stereocenters. The van der Waals surface area contributed by atoms with Crippen LogP contribution in [0.3, 0.4) is 0 Å². The number of hydrogen-bond donors (Lipinski definition) is 1. The van der Waals surface area contributed by atoms with Gasteiger partial charge < -0.3 is 10.2 Å². The topological polar surface area (TPSA) is 49.4 Å². The molecule has 4 nitrogen and oxygen atoms in total. The first kappa shape index (κ1) is 15.7. The smallest absolute Gasteiger partial charge is 0.227 e. The number of amides is 2. The van der Waals surface area contributed by atoms with Crippen LogP contribution >= 0.6 is 0 Å². The number of hydrogen-bond acceptors (Lipinski definition) is 2. The number of rotatable bonds is 7. The molecule has 106 valence electrons. The quantitative estimate of drug-likeness (QED) is 0.775. The van der Waals surface area contributed by atoms with Crippen LogP contribution in [-0.4, -0.2) is 29.8 Å². The number of nitrogens with one attached hydrogen (secondary N) is 1. The van der Waals surface area contributed by atoms with Gasteiger partial charge in [0, 0.05) is 25.7 Å². The monoisotopic (exact) mass is 272 g/mol. The summed E-state index contributed by atoms with van der Waals surface area (Å²) in [7, 11) is 0. The fraction of sp³-hybridized carbons (Fsp3) is 0.250. The van der Waals surface area contributed by atoms with Crippen molar-refractivity contribution in [3.8, 4) is 0 Å². The van der Waals surface area contributed by atoms with E-state index in [1.54, 1.807) is 29.2 Å². The zero-order valence-electron chi connectivity index (χ0n) is 11.8. The van der Waals surface area contributed by atoms with Crippen molar-refractivity contribution >= 4 is 17.5 Å². The Hall–Kier alpha value is -2.36. The van der Waals surface area contributed by atoms with E-state index in [0.717, 1.165) is 11.3 Å². The summed E-state index contributed by atoms with van der Waals surface area (Å²) in [6.45, 7) is 9.76. The second kappa shape index (κ2) is 7.94. The molecule has 0 heterocycles. The zero-order chi connectivity index (χ0) is 15.0. The molecule has 0 aromatic heterocycles. The minimum Gasteiger partial charge on any atom is -0.335 e. The molecule has 0 aliphatic carbocycles. The average molecular weight is 272 g/mol. The van der Waals surface area contributed by atoms with Crippen LogP contribution < -0.4 is 5.32 Å². The summed E-state index contributed by atoms with van der Waals surface area (Å²) < 4.78 is 0. The summed E-state index contributed by atoms with van der Waals surface area (Å²) >= 11 is 0. The van der Waals surface area contributed by atoms with Crippen LogP contribution in [0, 0.1) is 0 Å². The molecule has 0 fully saturated rings. The largest absolute Gasteiger partial charge is 0.335 e. The molecule has 1 aromatic carbocycles. The van der Waals surface area contributed by atoms with E-state index >= 15 is 0 Å². The highest BCUT2D eigenvalue weighted by molar-refractivity contribution is 5.88. The second-order valence-electron chi connectivity index (χ2n) is 4.43. The van der Waals surface area contributed by atoms with E-state index in [4.69, 9.17) is 0 Å².